The Morgan fingerprint density at radius 1 is 1.15 bits per heavy atom. The van der Waals surface area contributed by atoms with E-state index in [0.29, 0.717) is 13.2 Å². The number of hydrogen-bond donors (Lipinski definition) is 0. The third kappa shape index (κ3) is 4.64. The Bertz CT molecular complexity index is 1210. The number of fused-ring (bicyclic) bond motifs is 1. The van der Waals surface area contributed by atoms with Gasteiger partial charge in [-0.2, -0.15) is 0 Å². The summed E-state index contributed by atoms with van der Waals surface area (Å²) in [7, 11) is 1.69. The van der Waals surface area contributed by atoms with Crippen molar-refractivity contribution in [1.29, 1.82) is 0 Å². The molecule has 1 atom stereocenters. The van der Waals surface area contributed by atoms with Crippen molar-refractivity contribution in [3.05, 3.63) is 77.4 Å². The van der Waals surface area contributed by atoms with Gasteiger partial charge in [0.2, 0.25) is 0 Å². The number of aryl methyl sites for hydroxylation is 2. The van der Waals surface area contributed by atoms with Crippen LogP contribution in [-0.4, -0.2) is 53.2 Å². The Kier molecular flexibility index (Phi) is 6.25. The summed E-state index contributed by atoms with van der Waals surface area (Å²) in [4.78, 5) is 12.3. The first-order valence-electron chi connectivity index (χ1n) is 11.7. The second-order valence-corrected chi connectivity index (χ2v) is 8.81. The summed E-state index contributed by atoms with van der Waals surface area (Å²) in [6.07, 6.45) is 7.99. The molecule has 5 rings (SSSR count). The van der Waals surface area contributed by atoms with Crippen LogP contribution in [0.4, 0.5) is 0 Å². The van der Waals surface area contributed by atoms with Gasteiger partial charge in [0.05, 0.1) is 24.8 Å². The van der Waals surface area contributed by atoms with E-state index in [4.69, 9.17) is 14.3 Å². The number of nitrogens with zero attached hydrogens (tertiary/aromatic N) is 4. The molecule has 0 N–H and O–H groups in total. The Hall–Kier alpha value is -3.74. The lowest BCUT2D eigenvalue weighted by Crippen LogP contribution is -2.51. The lowest BCUT2D eigenvalue weighted by atomic mass is 9.98. The van der Waals surface area contributed by atoms with Crippen molar-refractivity contribution >= 4 is 11.9 Å². The maximum atomic E-state index is 6.07. The SMILES string of the molecule is COc1cc(/C=C2\CCCN3C2=NOC[C@@H]3COc2ccc(C)cc2)ccc1-n1cnc(C)c1. The number of piperidine rings is 1. The van der Waals surface area contributed by atoms with Gasteiger partial charge in [-0.3, -0.25) is 0 Å². The predicted molar refractivity (Wildman–Crippen MR) is 133 cm³/mol. The van der Waals surface area contributed by atoms with E-state index in [1.54, 1.807) is 13.4 Å². The standard InChI is InChI=1S/C27H30N4O3/c1-19-6-9-24(10-7-19)33-16-23-17-34-29-27-22(5-4-12-31(23)27)13-21-8-11-25(26(14-21)32-3)30-15-20(2)28-18-30/h6-11,13-15,18,23H,4-5,12,16-17H2,1-3H3/b22-13+/t23-/m0/s1. The van der Waals surface area contributed by atoms with Crippen molar-refractivity contribution in [3.8, 4) is 17.2 Å². The van der Waals surface area contributed by atoms with Crippen LogP contribution in [0.15, 0.2) is 65.7 Å². The maximum absolute atomic E-state index is 6.07. The van der Waals surface area contributed by atoms with Crippen LogP contribution < -0.4 is 9.47 Å². The van der Waals surface area contributed by atoms with Gasteiger partial charge in [0, 0.05) is 12.7 Å². The minimum Gasteiger partial charge on any atom is -0.495 e. The van der Waals surface area contributed by atoms with Crippen molar-refractivity contribution < 1.29 is 14.3 Å². The number of rotatable bonds is 6. The van der Waals surface area contributed by atoms with Gasteiger partial charge >= 0.3 is 0 Å². The number of imidazole rings is 1. The summed E-state index contributed by atoms with van der Waals surface area (Å²) >= 11 is 0. The third-order valence-electron chi connectivity index (χ3n) is 6.26. The minimum absolute atomic E-state index is 0.124. The summed E-state index contributed by atoms with van der Waals surface area (Å²) < 4.78 is 13.7. The van der Waals surface area contributed by atoms with Crippen molar-refractivity contribution in [2.24, 2.45) is 5.16 Å². The molecule has 1 saturated heterocycles. The smallest absolute Gasteiger partial charge is 0.171 e. The molecular weight excluding hydrogens is 428 g/mol. The lowest BCUT2D eigenvalue weighted by molar-refractivity contribution is 0.0373. The first-order chi connectivity index (χ1) is 16.6. The van der Waals surface area contributed by atoms with Gasteiger partial charge in [0.1, 0.15) is 30.8 Å². The Labute approximate surface area is 200 Å². The highest BCUT2D eigenvalue weighted by atomic mass is 16.6. The summed E-state index contributed by atoms with van der Waals surface area (Å²) in [6, 6.07) is 14.5. The van der Waals surface area contributed by atoms with Crippen molar-refractivity contribution in [2.75, 3.05) is 26.9 Å². The van der Waals surface area contributed by atoms with E-state index in [2.05, 4.69) is 58.4 Å². The summed E-state index contributed by atoms with van der Waals surface area (Å²) in [5.41, 5.74) is 5.38. The Morgan fingerprint density at radius 3 is 2.76 bits per heavy atom. The molecule has 1 aromatic heterocycles. The van der Waals surface area contributed by atoms with E-state index in [1.165, 1.54) is 11.1 Å². The van der Waals surface area contributed by atoms with Crippen LogP contribution in [0.3, 0.4) is 0 Å². The lowest BCUT2D eigenvalue weighted by Gasteiger charge is -2.39. The normalized spacial score (nSPS) is 18.8. The van der Waals surface area contributed by atoms with Crippen LogP contribution in [-0.2, 0) is 4.84 Å². The van der Waals surface area contributed by atoms with Crippen LogP contribution in [0.25, 0.3) is 11.8 Å². The molecule has 7 nitrogen and oxygen atoms in total. The molecule has 0 bridgehead atoms. The van der Waals surface area contributed by atoms with E-state index in [-0.39, 0.29) is 6.04 Å². The zero-order valence-electron chi connectivity index (χ0n) is 19.9. The Morgan fingerprint density at radius 2 is 2.00 bits per heavy atom. The number of benzene rings is 2. The average Bonchev–Trinajstić information content (AvgIpc) is 3.30. The van der Waals surface area contributed by atoms with Crippen LogP contribution >= 0.6 is 0 Å². The second-order valence-electron chi connectivity index (χ2n) is 8.81. The maximum Gasteiger partial charge on any atom is 0.171 e. The van der Waals surface area contributed by atoms with E-state index in [9.17, 15) is 0 Å². The van der Waals surface area contributed by atoms with Crippen molar-refractivity contribution in [3.63, 3.8) is 0 Å². The topological polar surface area (TPSA) is 61.1 Å². The molecule has 7 heteroatoms. The monoisotopic (exact) mass is 458 g/mol. The molecule has 176 valence electrons. The first-order valence-corrected chi connectivity index (χ1v) is 11.7. The van der Waals surface area contributed by atoms with Gasteiger partial charge in [-0.1, -0.05) is 28.9 Å². The van der Waals surface area contributed by atoms with Gasteiger partial charge in [-0.25, -0.2) is 4.98 Å². The number of ether oxygens (including phenoxy) is 2. The van der Waals surface area contributed by atoms with E-state index >= 15 is 0 Å². The largest absolute Gasteiger partial charge is 0.495 e. The summed E-state index contributed by atoms with van der Waals surface area (Å²) in [6.45, 7) is 6.08. The molecule has 1 fully saturated rings. The highest BCUT2D eigenvalue weighted by molar-refractivity contribution is 6.02. The van der Waals surface area contributed by atoms with Crippen LogP contribution in [0.1, 0.15) is 29.7 Å². The number of aromatic nitrogens is 2. The molecular formula is C27H30N4O3. The summed E-state index contributed by atoms with van der Waals surface area (Å²) in [5.74, 6) is 2.58. The predicted octanol–water partition coefficient (Wildman–Crippen LogP) is 4.77. The van der Waals surface area contributed by atoms with E-state index in [1.807, 2.05) is 29.8 Å². The molecule has 34 heavy (non-hydrogen) atoms. The van der Waals surface area contributed by atoms with Gasteiger partial charge in [-0.15, -0.1) is 0 Å². The molecule has 0 unspecified atom stereocenters. The highest BCUT2D eigenvalue weighted by Gasteiger charge is 2.32. The third-order valence-corrected chi connectivity index (χ3v) is 6.26. The number of oxime groups is 1. The fourth-order valence-electron chi connectivity index (χ4n) is 4.44. The number of hydrogen-bond acceptors (Lipinski definition) is 6. The van der Waals surface area contributed by atoms with Gasteiger partial charge in [-0.05, 0) is 68.2 Å². The van der Waals surface area contributed by atoms with E-state index in [0.717, 1.165) is 53.7 Å². The number of methoxy groups -OCH3 is 1. The molecule has 3 heterocycles. The Balaban J connectivity index is 1.34. The summed E-state index contributed by atoms with van der Waals surface area (Å²) in [5, 5.41) is 4.43. The minimum atomic E-state index is 0.124. The van der Waals surface area contributed by atoms with Gasteiger partial charge < -0.3 is 23.8 Å². The molecule has 0 saturated carbocycles. The van der Waals surface area contributed by atoms with Gasteiger partial charge in [0.25, 0.3) is 0 Å². The molecule has 3 aromatic rings. The molecule has 0 amide bonds. The molecule has 2 aromatic carbocycles. The average molecular weight is 459 g/mol. The zero-order valence-corrected chi connectivity index (χ0v) is 19.9. The highest BCUT2D eigenvalue weighted by Crippen LogP contribution is 2.29. The van der Waals surface area contributed by atoms with Crippen molar-refractivity contribution in [2.45, 2.75) is 32.7 Å². The van der Waals surface area contributed by atoms with Crippen LogP contribution in [0, 0.1) is 13.8 Å². The molecule has 0 spiro atoms. The second kappa shape index (κ2) is 9.63. The van der Waals surface area contributed by atoms with Crippen LogP contribution in [0.5, 0.6) is 11.5 Å². The molecule has 2 aliphatic rings. The fraction of sp³-hybridized carbons (Fsp3) is 0.333. The molecule has 0 radical (unpaired) electrons. The fourth-order valence-corrected chi connectivity index (χ4v) is 4.44. The van der Waals surface area contributed by atoms with Crippen LogP contribution in [0.2, 0.25) is 0 Å². The molecule has 0 aliphatic carbocycles. The number of amidine groups is 1. The first kappa shape index (κ1) is 22.1. The molecule has 2 aliphatic heterocycles. The van der Waals surface area contributed by atoms with E-state index < -0.39 is 0 Å². The van der Waals surface area contributed by atoms with Crippen molar-refractivity contribution in [1.82, 2.24) is 14.5 Å². The van der Waals surface area contributed by atoms with Gasteiger partial charge in [0.15, 0.2) is 5.84 Å². The zero-order chi connectivity index (χ0) is 23.5. The quantitative estimate of drug-likeness (QED) is 0.533.